The summed E-state index contributed by atoms with van der Waals surface area (Å²) in [6.45, 7) is 5.68. The van der Waals surface area contributed by atoms with E-state index in [0.29, 0.717) is 0 Å². The van der Waals surface area contributed by atoms with Gasteiger partial charge in [-0.25, -0.2) is 0 Å². The summed E-state index contributed by atoms with van der Waals surface area (Å²) in [5.74, 6) is -0.927. The van der Waals surface area contributed by atoms with Gasteiger partial charge in [-0.15, -0.1) is 0 Å². The molecule has 4 heteroatoms. The molecule has 0 rings (SSSR count). The number of rotatable bonds is 9. The third-order valence-corrected chi connectivity index (χ3v) is 2.47. The Bertz CT molecular complexity index is 208. The molecule has 1 amide bonds. The molecule has 0 saturated carbocycles. The van der Waals surface area contributed by atoms with Crippen LogP contribution in [0.1, 0.15) is 52.4 Å². The Balaban J connectivity index is 4.03. The zero-order chi connectivity index (χ0) is 12.4. The second-order valence-electron chi connectivity index (χ2n) is 3.98. The van der Waals surface area contributed by atoms with E-state index in [9.17, 15) is 9.59 Å². The molecule has 1 N–H and O–H groups in total. The molecule has 0 fully saturated rings. The molecule has 0 unspecified atom stereocenters. The van der Waals surface area contributed by atoms with Crippen molar-refractivity contribution >= 4 is 11.9 Å². The lowest BCUT2D eigenvalue weighted by Gasteiger charge is -2.22. The number of hydrogen-bond donors (Lipinski definition) is 1. The van der Waals surface area contributed by atoms with Gasteiger partial charge in [-0.3, -0.25) is 9.59 Å². The van der Waals surface area contributed by atoms with Crippen molar-refractivity contribution in [1.82, 2.24) is 4.90 Å². The predicted octanol–water partition coefficient (Wildman–Crippen LogP) is 2.28. The lowest BCUT2D eigenvalue weighted by atomic mass is 10.2. The Morgan fingerprint density at radius 2 is 1.50 bits per heavy atom. The third-order valence-electron chi connectivity index (χ3n) is 2.47. The van der Waals surface area contributed by atoms with Crippen LogP contribution in [0.25, 0.3) is 0 Å². The van der Waals surface area contributed by atoms with Crippen molar-refractivity contribution in [3.8, 4) is 0 Å². The molecule has 0 heterocycles. The molecule has 94 valence electrons. The molecule has 0 spiro atoms. The average Bonchev–Trinajstić information content (AvgIpc) is 2.26. The van der Waals surface area contributed by atoms with Gasteiger partial charge in [0.15, 0.2) is 0 Å². The number of carboxylic acid groups (broad SMARTS) is 1. The van der Waals surface area contributed by atoms with Gasteiger partial charge in [-0.1, -0.05) is 26.7 Å². The summed E-state index contributed by atoms with van der Waals surface area (Å²) in [6.07, 6.45) is 4.14. The number of nitrogens with zero attached hydrogens (tertiary/aromatic N) is 1. The van der Waals surface area contributed by atoms with E-state index in [-0.39, 0.29) is 18.7 Å². The maximum absolute atomic E-state index is 11.7. The first-order valence-electron chi connectivity index (χ1n) is 6.11. The fourth-order valence-electron chi connectivity index (χ4n) is 1.43. The van der Waals surface area contributed by atoms with E-state index in [1.807, 2.05) is 0 Å². The zero-order valence-corrected chi connectivity index (χ0v) is 10.4. The lowest BCUT2D eigenvalue weighted by molar-refractivity contribution is -0.141. The first-order valence-corrected chi connectivity index (χ1v) is 6.11. The van der Waals surface area contributed by atoms with Crippen molar-refractivity contribution in [2.75, 3.05) is 13.1 Å². The highest BCUT2D eigenvalue weighted by Crippen LogP contribution is 2.03. The van der Waals surface area contributed by atoms with Crippen molar-refractivity contribution in [2.45, 2.75) is 52.4 Å². The molecule has 0 aliphatic rings. The van der Waals surface area contributed by atoms with Gasteiger partial charge in [-0.2, -0.15) is 0 Å². The van der Waals surface area contributed by atoms with Crippen LogP contribution in [0.4, 0.5) is 0 Å². The average molecular weight is 229 g/mol. The highest BCUT2D eigenvalue weighted by molar-refractivity contribution is 5.80. The minimum absolute atomic E-state index is 0.0238. The van der Waals surface area contributed by atoms with E-state index < -0.39 is 5.97 Å². The van der Waals surface area contributed by atoms with Crippen LogP contribution in [0, 0.1) is 0 Å². The molecule has 0 atom stereocenters. The number of carboxylic acids is 1. The summed E-state index contributed by atoms with van der Waals surface area (Å²) < 4.78 is 0. The lowest BCUT2D eigenvalue weighted by Crippen LogP contribution is -2.33. The van der Waals surface area contributed by atoms with Gasteiger partial charge in [0.1, 0.15) is 0 Å². The molecule has 4 nitrogen and oxygen atoms in total. The van der Waals surface area contributed by atoms with Crippen LogP contribution < -0.4 is 0 Å². The molecule has 0 bridgehead atoms. The Kier molecular flexibility index (Phi) is 8.58. The topological polar surface area (TPSA) is 57.6 Å². The summed E-state index contributed by atoms with van der Waals surface area (Å²) in [4.78, 5) is 23.9. The van der Waals surface area contributed by atoms with Crippen LogP contribution in [-0.2, 0) is 9.59 Å². The van der Waals surface area contributed by atoms with Crippen molar-refractivity contribution < 1.29 is 14.7 Å². The molecule has 0 radical (unpaired) electrons. The minimum Gasteiger partial charge on any atom is -0.481 e. The van der Waals surface area contributed by atoms with Gasteiger partial charge < -0.3 is 10.0 Å². The largest absolute Gasteiger partial charge is 0.481 e. The summed E-state index contributed by atoms with van der Waals surface area (Å²) >= 11 is 0. The van der Waals surface area contributed by atoms with Gasteiger partial charge >= 0.3 is 5.97 Å². The van der Waals surface area contributed by atoms with Gasteiger partial charge in [0.05, 0.1) is 6.42 Å². The highest BCUT2D eigenvalue weighted by atomic mass is 16.4. The quantitative estimate of drug-likeness (QED) is 0.660. The summed E-state index contributed by atoms with van der Waals surface area (Å²) in [6, 6.07) is 0. The van der Waals surface area contributed by atoms with Gasteiger partial charge in [0, 0.05) is 19.5 Å². The number of unbranched alkanes of at least 4 members (excludes halogenated alkanes) is 2. The van der Waals surface area contributed by atoms with Gasteiger partial charge in [0.25, 0.3) is 0 Å². The second-order valence-corrected chi connectivity index (χ2v) is 3.98. The van der Waals surface area contributed by atoms with Crippen LogP contribution >= 0.6 is 0 Å². The number of aliphatic carboxylic acids is 1. The molecule has 0 aliphatic heterocycles. The SMILES string of the molecule is CCCCN(CCCC)C(=O)CCC(=O)O. The van der Waals surface area contributed by atoms with Crippen LogP contribution in [0.2, 0.25) is 0 Å². The van der Waals surface area contributed by atoms with Crippen LogP contribution in [0.15, 0.2) is 0 Å². The molecule has 0 aromatic heterocycles. The van der Waals surface area contributed by atoms with Crippen molar-refractivity contribution in [3.05, 3.63) is 0 Å². The van der Waals surface area contributed by atoms with Crippen LogP contribution in [-0.4, -0.2) is 35.0 Å². The maximum atomic E-state index is 11.7. The van der Waals surface area contributed by atoms with Gasteiger partial charge in [-0.05, 0) is 12.8 Å². The van der Waals surface area contributed by atoms with Crippen LogP contribution in [0.5, 0.6) is 0 Å². The monoisotopic (exact) mass is 229 g/mol. The third kappa shape index (κ3) is 7.26. The van der Waals surface area contributed by atoms with E-state index in [4.69, 9.17) is 5.11 Å². The zero-order valence-electron chi connectivity index (χ0n) is 10.4. The fourth-order valence-corrected chi connectivity index (χ4v) is 1.43. The Hall–Kier alpha value is -1.06. The number of carbonyl (C=O) groups is 2. The van der Waals surface area contributed by atoms with Crippen molar-refractivity contribution in [1.29, 1.82) is 0 Å². The van der Waals surface area contributed by atoms with Gasteiger partial charge in [0.2, 0.25) is 5.91 Å². The highest BCUT2D eigenvalue weighted by Gasteiger charge is 2.13. The molecule has 0 aromatic carbocycles. The second kappa shape index (κ2) is 9.19. The van der Waals surface area contributed by atoms with E-state index in [1.165, 1.54) is 0 Å². The molecule has 0 aromatic rings. The first-order chi connectivity index (χ1) is 7.61. The Morgan fingerprint density at radius 1 is 1.00 bits per heavy atom. The normalized spacial score (nSPS) is 10.1. The summed E-state index contributed by atoms with van der Waals surface area (Å²) in [5, 5.41) is 8.53. The Labute approximate surface area is 97.6 Å². The predicted molar refractivity (Wildman–Crippen MR) is 63.3 cm³/mol. The molecular formula is C12H23NO3. The van der Waals surface area contributed by atoms with Crippen LogP contribution in [0.3, 0.4) is 0 Å². The molecule has 0 aliphatic carbocycles. The number of hydrogen-bond acceptors (Lipinski definition) is 2. The Morgan fingerprint density at radius 3 is 1.88 bits per heavy atom. The van der Waals surface area contributed by atoms with E-state index >= 15 is 0 Å². The van der Waals surface area contributed by atoms with Crippen molar-refractivity contribution in [2.24, 2.45) is 0 Å². The standard InChI is InChI=1S/C12H23NO3/c1-3-5-9-13(10-6-4-2)11(14)7-8-12(15)16/h3-10H2,1-2H3,(H,15,16). The minimum atomic E-state index is -0.903. The molecule has 16 heavy (non-hydrogen) atoms. The maximum Gasteiger partial charge on any atom is 0.303 e. The van der Waals surface area contributed by atoms with E-state index in [2.05, 4.69) is 13.8 Å². The molecule has 0 saturated heterocycles. The first kappa shape index (κ1) is 14.9. The summed E-state index contributed by atoms with van der Waals surface area (Å²) in [5.41, 5.74) is 0. The fraction of sp³-hybridized carbons (Fsp3) is 0.833. The van der Waals surface area contributed by atoms with E-state index in [0.717, 1.165) is 38.8 Å². The number of carbonyl (C=O) groups excluding carboxylic acids is 1. The smallest absolute Gasteiger partial charge is 0.303 e. The molecular weight excluding hydrogens is 206 g/mol. The van der Waals surface area contributed by atoms with Crippen molar-refractivity contribution in [3.63, 3.8) is 0 Å². The number of amides is 1. The summed E-state index contributed by atoms with van der Waals surface area (Å²) in [7, 11) is 0. The van der Waals surface area contributed by atoms with E-state index in [1.54, 1.807) is 4.90 Å².